The summed E-state index contributed by atoms with van der Waals surface area (Å²) in [7, 11) is 0. The van der Waals surface area contributed by atoms with E-state index in [2.05, 4.69) is 40.0 Å². The summed E-state index contributed by atoms with van der Waals surface area (Å²) in [5.74, 6) is 0.594. The minimum atomic E-state index is 0.594. The summed E-state index contributed by atoms with van der Waals surface area (Å²) in [6.07, 6.45) is 10.1. The zero-order valence-electron chi connectivity index (χ0n) is 9.72. The summed E-state index contributed by atoms with van der Waals surface area (Å²) in [4.78, 5) is 0. The van der Waals surface area contributed by atoms with Crippen LogP contribution >= 0.6 is 0 Å². The Morgan fingerprint density at radius 2 is 1.93 bits per heavy atom. The van der Waals surface area contributed by atoms with Crippen LogP contribution in [0.15, 0.2) is 48.6 Å². The van der Waals surface area contributed by atoms with Gasteiger partial charge in [-0.2, -0.15) is 0 Å². The molecule has 1 atom stereocenters. The molecule has 0 fully saturated rings. The summed E-state index contributed by atoms with van der Waals surface area (Å²) in [6.45, 7) is 14.2. The molecule has 0 heteroatoms. The number of rotatable bonds is 6. The van der Waals surface area contributed by atoms with Crippen LogP contribution in [-0.2, 0) is 0 Å². The second kappa shape index (κ2) is 7.37. The lowest BCUT2D eigenvalue weighted by molar-refractivity contribution is 0.663. The van der Waals surface area contributed by atoms with Gasteiger partial charge >= 0.3 is 0 Å². The highest BCUT2D eigenvalue weighted by Crippen LogP contribution is 2.22. The molecular formula is C14H22. The number of hydrogen-bond acceptors (Lipinski definition) is 0. The van der Waals surface area contributed by atoms with Gasteiger partial charge in [-0.1, -0.05) is 58.2 Å². The maximum atomic E-state index is 3.89. The van der Waals surface area contributed by atoms with E-state index in [0.717, 1.165) is 12.8 Å². The van der Waals surface area contributed by atoms with Gasteiger partial charge in [0.05, 0.1) is 0 Å². The first-order chi connectivity index (χ1) is 6.71. The van der Waals surface area contributed by atoms with Gasteiger partial charge < -0.3 is 0 Å². The van der Waals surface area contributed by atoms with Crippen LogP contribution in [0.2, 0.25) is 0 Å². The van der Waals surface area contributed by atoms with Crippen molar-refractivity contribution in [1.29, 1.82) is 0 Å². The predicted octanol–water partition coefficient (Wildman–Crippen LogP) is 4.67. The van der Waals surface area contributed by atoms with E-state index >= 15 is 0 Å². The lowest BCUT2D eigenvalue weighted by Gasteiger charge is -2.13. The van der Waals surface area contributed by atoms with Crippen LogP contribution in [0, 0.1) is 5.92 Å². The Hall–Kier alpha value is -1.04. The summed E-state index contributed by atoms with van der Waals surface area (Å²) >= 11 is 0. The standard InChI is InChI=1S/C14H22/c1-6-10-11-13(8-3)14(9-4)12(5)7-2/h6,9-12H,1,4,7-8H2,2-3,5H3/b11-10-,14-13+. The van der Waals surface area contributed by atoms with Crippen LogP contribution in [0.5, 0.6) is 0 Å². The van der Waals surface area contributed by atoms with Crippen molar-refractivity contribution in [1.82, 2.24) is 0 Å². The third-order valence-electron chi connectivity index (χ3n) is 2.55. The molecule has 0 aromatic rings. The molecule has 0 N–H and O–H groups in total. The van der Waals surface area contributed by atoms with Gasteiger partial charge in [0, 0.05) is 0 Å². The highest BCUT2D eigenvalue weighted by molar-refractivity contribution is 5.34. The zero-order valence-corrected chi connectivity index (χ0v) is 9.72. The van der Waals surface area contributed by atoms with E-state index in [9.17, 15) is 0 Å². The molecule has 0 saturated carbocycles. The third kappa shape index (κ3) is 3.78. The Kier molecular flexibility index (Phi) is 6.82. The zero-order chi connectivity index (χ0) is 11.0. The monoisotopic (exact) mass is 190 g/mol. The van der Waals surface area contributed by atoms with Crippen molar-refractivity contribution >= 4 is 0 Å². The molecule has 0 radical (unpaired) electrons. The maximum Gasteiger partial charge on any atom is -0.0190 e. The van der Waals surface area contributed by atoms with Gasteiger partial charge in [0.15, 0.2) is 0 Å². The minimum absolute atomic E-state index is 0.594. The van der Waals surface area contributed by atoms with E-state index in [1.165, 1.54) is 11.1 Å². The normalized spacial score (nSPS) is 15.1. The first kappa shape index (κ1) is 13.0. The summed E-state index contributed by atoms with van der Waals surface area (Å²) in [6, 6.07) is 0. The van der Waals surface area contributed by atoms with Crippen molar-refractivity contribution < 1.29 is 0 Å². The Bertz CT molecular complexity index is 241. The van der Waals surface area contributed by atoms with E-state index in [-0.39, 0.29) is 0 Å². The van der Waals surface area contributed by atoms with Gasteiger partial charge in [-0.15, -0.1) is 0 Å². The van der Waals surface area contributed by atoms with Crippen LogP contribution in [0.4, 0.5) is 0 Å². The molecule has 0 aliphatic heterocycles. The Morgan fingerprint density at radius 3 is 2.29 bits per heavy atom. The molecule has 0 bridgehead atoms. The first-order valence-electron chi connectivity index (χ1n) is 5.35. The molecule has 1 unspecified atom stereocenters. The molecule has 0 saturated heterocycles. The van der Waals surface area contributed by atoms with Crippen molar-refractivity contribution in [2.24, 2.45) is 5.92 Å². The Labute approximate surface area is 88.7 Å². The van der Waals surface area contributed by atoms with Gasteiger partial charge in [0.1, 0.15) is 0 Å². The van der Waals surface area contributed by atoms with Gasteiger partial charge in [0.25, 0.3) is 0 Å². The molecule has 0 nitrogen and oxygen atoms in total. The fraction of sp³-hybridized carbons (Fsp3) is 0.429. The molecular weight excluding hydrogens is 168 g/mol. The summed E-state index contributed by atoms with van der Waals surface area (Å²) in [5, 5.41) is 0. The first-order valence-corrected chi connectivity index (χ1v) is 5.35. The Morgan fingerprint density at radius 1 is 1.29 bits per heavy atom. The van der Waals surface area contributed by atoms with E-state index < -0.39 is 0 Å². The van der Waals surface area contributed by atoms with Crippen LogP contribution < -0.4 is 0 Å². The van der Waals surface area contributed by atoms with E-state index in [1.807, 2.05) is 18.2 Å². The van der Waals surface area contributed by atoms with E-state index in [4.69, 9.17) is 0 Å². The molecule has 0 aliphatic rings. The third-order valence-corrected chi connectivity index (χ3v) is 2.55. The summed E-state index contributed by atoms with van der Waals surface area (Å²) in [5.41, 5.74) is 2.74. The second-order valence-corrected chi connectivity index (χ2v) is 3.44. The van der Waals surface area contributed by atoms with E-state index in [0.29, 0.717) is 5.92 Å². The fourth-order valence-electron chi connectivity index (χ4n) is 1.47. The molecule has 78 valence electrons. The minimum Gasteiger partial charge on any atom is -0.0991 e. The van der Waals surface area contributed by atoms with Gasteiger partial charge in [0.2, 0.25) is 0 Å². The molecule has 0 spiro atoms. The lowest BCUT2D eigenvalue weighted by atomic mass is 9.92. The maximum absolute atomic E-state index is 3.89. The average Bonchev–Trinajstić information content (AvgIpc) is 2.23. The van der Waals surface area contributed by atoms with Crippen LogP contribution in [0.3, 0.4) is 0 Å². The topological polar surface area (TPSA) is 0 Å². The van der Waals surface area contributed by atoms with Crippen LogP contribution in [-0.4, -0.2) is 0 Å². The highest BCUT2D eigenvalue weighted by Gasteiger charge is 2.06. The predicted molar refractivity (Wildman–Crippen MR) is 66.3 cm³/mol. The van der Waals surface area contributed by atoms with Crippen LogP contribution in [0.25, 0.3) is 0 Å². The van der Waals surface area contributed by atoms with Gasteiger partial charge in [-0.05, 0) is 29.9 Å². The van der Waals surface area contributed by atoms with Crippen molar-refractivity contribution in [3.63, 3.8) is 0 Å². The summed E-state index contributed by atoms with van der Waals surface area (Å²) < 4.78 is 0. The lowest BCUT2D eigenvalue weighted by Crippen LogP contribution is -1.98. The van der Waals surface area contributed by atoms with Gasteiger partial charge in [-0.3, -0.25) is 0 Å². The Balaban J connectivity index is 4.99. The molecule has 0 aliphatic carbocycles. The van der Waals surface area contributed by atoms with Crippen molar-refractivity contribution in [3.05, 3.63) is 48.6 Å². The average molecular weight is 190 g/mol. The number of hydrogen-bond donors (Lipinski definition) is 0. The molecule has 0 aromatic heterocycles. The molecule has 0 amide bonds. The van der Waals surface area contributed by atoms with Crippen molar-refractivity contribution in [2.45, 2.75) is 33.6 Å². The molecule has 0 aromatic carbocycles. The quantitative estimate of drug-likeness (QED) is 0.534. The highest BCUT2D eigenvalue weighted by atomic mass is 14.1. The van der Waals surface area contributed by atoms with Crippen molar-refractivity contribution in [3.8, 4) is 0 Å². The molecule has 0 heterocycles. The molecule has 0 rings (SSSR count). The second-order valence-electron chi connectivity index (χ2n) is 3.44. The van der Waals surface area contributed by atoms with Gasteiger partial charge in [-0.25, -0.2) is 0 Å². The fourth-order valence-corrected chi connectivity index (χ4v) is 1.47. The van der Waals surface area contributed by atoms with Crippen molar-refractivity contribution in [2.75, 3.05) is 0 Å². The largest absolute Gasteiger partial charge is 0.0991 e. The van der Waals surface area contributed by atoms with Crippen LogP contribution in [0.1, 0.15) is 33.6 Å². The smallest absolute Gasteiger partial charge is 0.0190 e. The molecule has 14 heavy (non-hydrogen) atoms. The number of allylic oxidation sites excluding steroid dienone is 6. The SMILES string of the molecule is C=C/C=C\C(CC)=C(/C=C)C(C)CC. The van der Waals surface area contributed by atoms with E-state index in [1.54, 1.807) is 0 Å².